The van der Waals surface area contributed by atoms with Gasteiger partial charge in [-0.2, -0.15) is 0 Å². The van der Waals surface area contributed by atoms with E-state index in [0.29, 0.717) is 0 Å². The minimum absolute atomic E-state index is 0.0282. The van der Waals surface area contributed by atoms with E-state index in [2.05, 4.69) is 10.0 Å². The molecule has 0 fully saturated rings. The van der Waals surface area contributed by atoms with Gasteiger partial charge in [0.1, 0.15) is 4.90 Å². The molecule has 0 aliphatic heterocycles. The molecule has 0 heterocycles. The zero-order valence-corrected chi connectivity index (χ0v) is 16.0. The summed E-state index contributed by atoms with van der Waals surface area (Å²) in [7, 11) is -4.00. The van der Waals surface area contributed by atoms with E-state index in [-0.39, 0.29) is 38.1 Å². The van der Waals surface area contributed by atoms with Gasteiger partial charge in [0.2, 0.25) is 0 Å². The second-order valence-electron chi connectivity index (χ2n) is 5.49. The first-order valence-electron chi connectivity index (χ1n) is 7.63. The minimum Gasteiger partial charge on any atom is -0.350 e. The Morgan fingerprint density at radius 2 is 1.80 bits per heavy atom. The number of carbonyl (C=O) groups excluding carboxylic acids is 1. The van der Waals surface area contributed by atoms with Gasteiger partial charge in [0.05, 0.1) is 21.3 Å². The van der Waals surface area contributed by atoms with E-state index in [1.54, 1.807) is 18.2 Å². The number of sulfonamides is 1. The van der Waals surface area contributed by atoms with Crippen molar-refractivity contribution >= 4 is 44.8 Å². The Hall–Kier alpha value is -1.76. The van der Waals surface area contributed by atoms with Gasteiger partial charge < -0.3 is 5.32 Å². The summed E-state index contributed by atoms with van der Waals surface area (Å²) in [4.78, 5) is 12.2. The summed E-state index contributed by atoms with van der Waals surface area (Å²) >= 11 is 11.9. The van der Waals surface area contributed by atoms with E-state index in [4.69, 9.17) is 23.2 Å². The molecule has 1 unspecified atom stereocenters. The molecule has 1 amide bonds. The van der Waals surface area contributed by atoms with Crippen molar-refractivity contribution in [3.05, 3.63) is 58.1 Å². The molecule has 0 radical (unpaired) electrons. The summed E-state index contributed by atoms with van der Waals surface area (Å²) in [5.41, 5.74) is 0.392. The predicted molar refractivity (Wildman–Crippen MR) is 101 cm³/mol. The van der Waals surface area contributed by atoms with Crippen molar-refractivity contribution < 1.29 is 13.2 Å². The molecule has 0 saturated carbocycles. The summed E-state index contributed by atoms with van der Waals surface area (Å²) in [5, 5.41) is 2.87. The molecule has 1 atom stereocenters. The molecule has 134 valence electrons. The third kappa shape index (κ3) is 4.66. The molecular formula is C17H18Cl2N2O3S. The van der Waals surface area contributed by atoms with Crippen molar-refractivity contribution in [2.75, 3.05) is 4.72 Å². The van der Waals surface area contributed by atoms with Gasteiger partial charge in [-0.3, -0.25) is 9.52 Å². The van der Waals surface area contributed by atoms with Crippen LogP contribution >= 0.6 is 23.2 Å². The number of hydrogen-bond acceptors (Lipinski definition) is 3. The average molecular weight is 401 g/mol. The van der Waals surface area contributed by atoms with Crippen LogP contribution < -0.4 is 10.0 Å². The number of rotatable bonds is 6. The van der Waals surface area contributed by atoms with Crippen LogP contribution in [0.15, 0.2) is 47.4 Å². The Bertz CT molecular complexity index is 885. The van der Waals surface area contributed by atoms with Crippen LogP contribution in [0.1, 0.15) is 30.6 Å². The highest BCUT2D eigenvalue weighted by Gasteiger charge is 2.22. The smallest absolute Gasteiger partial charge is 0.263 e. The first-order chi connectivity index (χ1) is 11.8. The van der Waals surface area contributed by atoms with Crippen LogP contribution in [0.25, 0.3) is 0 Å². The lowest BCUT2D eigenvalue weighted by Crippen LogP contribution is -2.32. The van der Waals surface area contributed by atoms with Crippen molar-refractivity contribution in [1.29, 1.82) is 0 Å². The van der Waals surface area contributed by atoms with Crippen molar-refractivity contribution in [2.24, 2.45) is 0 Å². The maximum absolute atomic E-state index is 12.6. The monoisotopic (exact) mass is 400 g/mol. The quantitative estimate of drug-likeness (QED) is 0.757. The van der Waals surface area contributed by atoms with E-state index in [0.717, 1.165) is 6.42 Å². The van der Waals surface area contributed by atoms with E-state index < -0.39 is 10.0 Å². The zero-order valence-electron chi connectivity index (χ0n) is 13.7. The Morgan fingerprint density at radius 3 is 2.48 bits per heavy atom. The van der Waals surface area contributed by atoms with Gasteiger partial charge in [-0.25, -0.2) is 8.42 Å². The summed E-state index contributed by atoms with van der Waals surface area (Å²) in [6, 6.07) is 10.7. The third-order valence-electron chi connectivity index (χ3n) is 3.61. The molecule has 2 N–H and O–H groups in total. The van der Waals surface area contributed by atoms with Crippen LogP contribution in [-0.2, 0) is 10.0 Å². The molecule has 0 spiro atoms. The maximum Gasteiger partial charge on any atom is 0.263 e. The average Bonchev–Trinajstić information content (AvgIpc) is 2.57. The van der Waals surface area contributed by atoms with Gasteiger partial charge in [0.15, 0.2) is 0 Å². The Morgan fingerprint density at radius 1 is 1.12 bits per heavy atom. The second kappa shape index (κ2) is 8.08. The SMILES string of the molecule is CCC(C)NC(=O)c1ccccc1NS(=O)(=O)c1cccc(Cl)c1Cl. The van der Waals surface area contributed by atoms with Crippen LogP contribution in [0, 0.1) is 0 Å². The number of para-hydroxylation sites is 1. The standard InChI is InChI=1S/C17H18Cl2N2O3S/c1-3-11(2)20-17(22)12-7-4-5-9-14(12)21-25(23,24)15-10-6-8-13(18)16(15)19/h4-11,21H,3H2,1-2H3,(H,20,22). The van der Waals surface area contributed by atoms with Gasteiger partial charge >= 0.3 is 0 Å². The number of nitrogens with one attached hydrogen (secondary N) is 2. The molecule has 2 aromatic rings. The summed E-state index contributed by atoms with van der Waals surface area (Å²) in [6.45, 7) is 3.82. The Balaban J connectivity index is 2.37. The van der Waals surface area contributed by atoms with E-state index in [1.807, 2.05) is 13.8 Å². The molecule has 25 heavy (non-hydrogen) atoms. The minimum atomic E-state index is -4.00. The second-order valence-corrected chi connectivity index (χ2v) is 7.92. The van der Waals surface area contributed by atoms with Crippen LogP contribution in [-0.4, -0.2) is 20.4 Å². The Labute approximate surface area is 157 Å². The topological polar surface area (TPSA) is 75.3 Å². The van der Waals surface area contributed by atoms with Gasteiger partial charge in [0, 0.05) is 6.04 Å². The van der Waals surface area contributed by atoms with Gasteiger partial charge in [0.25, 0.3) is 15.9 Å². The maximum atomic E-state index is 12.6. The summed E-state index contributed by atoms with van der Waals surface area (Å²) < 4.78 is 27.7. The third-order valence-corrected chi connectivity index (χ3v) is 5.95. The molecule has 0 saturated heterocycles. The van der Waals surface area contributed by atoms with E-state index >= 15 is 0 Å². The largest absolute Gasteiger partial charge is 0.350 e. The lowest BCUT2D eigenvalue weighted by molar-refractivity contribution is 0.0940. The van der Waals surface area contributed by atoms with Crippen molar-refractivity contribution in [3.63, 3.8) is 0 Å². The molecule has 2 aromatic carbocycles. The number of hydrogen-bond donors (Lipinski definition) is 2. The molecule has 8 heteroatoms. The molecule has 0 aromatic heterocycles. The molecule has 0 aliphatic rings. The highest BCUT2D eigenvalue weighted by atomic mass is 35.5. The summed E-state index contributed by atoms with van der Waals surface area (Å²) in [6.07, 6.45) is 0.762. The van der Waals surface area contributed by atoms with Crippen LogP contribution in [0.2, 0.25) is 10.0 Å². The van der Waals surface area contributed by atoms with Crippen LogP contribution in [0.3, 0.4) is 0 Å². The lowest BCUT2D eigenvalue weighted by Gasteiger charge is -2.16. The van der Waals surface area contributed by atoms with E-state index in [9.17, 15) is 13.2 Å². The first kappa shape index (κ1) is 19.6. The Kier molecular flexibility index (Phi) is 6.32. The van der Waals surface area contributed by atoms with Gasteiger partial charge in [-0.15, -0.1) is 0 Å². The number of benzene rings is 2. The molecular weight excluding hydrogens is 383 g/mol. The normalized spacial score (nSPS) is 12.5. The van der Waals surface area contributed by atoms with Crippen LogP contribution in [0.4, 0.5) is 5.69 Å². The lowest BCUT2D eigenvalue weighted by atomic mass is 10.1. The fourth-order valence-corrected chi connectivity index (χ4v) is 3.91. The number of amides is 1. The number of anilines is 1. The summed E-state index contributed by atoms with van der Waals surface area (Å²) in [5.74, 6) is -0.357. The van der Waals surface area contributed by atoms with E-state index in [1.165, 1.54) is 24.3 Å². The number of carbonyl (C=O) groups is 1. The molecule has 0 aliphatic carbocycles. The van der Waals surface area contributed by atoms with Gasteiger partial charge in [-0.05, 0) is 37.6 Å². The first-order valence-corrected chi connectivity index (χ1v) is 9.87. The van der Waals surface area contributed by atoms with Gasteiger partial charge in [-0.1, -0.05) is 48.3 Å². The predicted octanol–water partition coefficient (Wildman–Crippen LogP) is 4.32. The molecule has 2 rings (SSSR count). The van der Waals surface area contributed by atoms with Crippen molar-refractivity contribution in [3.8, 4) is 0 Å². The fourth-order valence-electron chi connectivity index (χ4n) is 2.07. The zero-order chi connectivity index (χ0) is 18.6. The molecule has 0 bridgehead atoms. The van der Waals surface area contributed by atoms with Crippen molar-refractivity contribution in [1.82, 2.24) is 5.32 Å². The van der Waals surface area contributed by atoms with Crippen molar-refractivity contribution in [2.45, 2.75) is 31.2 Å². The fraction of sp³-hybridized carbons (Fsp3) is 0.235. The highest BCUT2D eigenvalue weighted by molar-refractivity contribution is 7.92. The highest BCUT2D eigenvalue weighted by Crippen LogP contribution is 2.30. The number of halogens is 2. The van der Waals surface area contributed by atoms with Crippen LogP contribution in [0.5, 0.6) is 0 Å². The molecule has 5 nitrogen and oxygen atoms in total.